The summed E-state index contributed by atoms with van der Waals surface area (Å²) < 4.78 is 26.8. The molecule has 0 bridgehead atoms. The van der Waals surface area contributed by atoms with Gasteiger partial charge in [-0.25, -0.2) is 8.78 Å². The Labute approximate surface area is 165 Å². The molecule has 2 aromatic carbocycles. The lowest BCUT2D eigenvalue weighted by molar-refractivity contribution is -0.313. The molecule has 150 valence electrons. The number of carbonyl (C=O) groups excluding carboxylic acids is 3. The highest BCUT2D eigenvalue weighted by Crippen LogP contribution is 2.27. The number of allylic oxidation sites excluding steroid dienone is 2. The summed E-state index contributed by atoms with van der Waals surface area (Å²) in [6, 6.07) is 8.76. The molecule has 0 spiro atoms. The summed E-state index contributed by atoms with van der Waals surface area (Å²) in [5, 5.41) is 16.2. The van der Waals surface area contributed by atoms with Gasteiger partial charge in [-0.2, -0.15) is 0 Å². The average molecular weight is 399 g/mol. The van der Waals surface area contributed by atoms with E-state index in [4.69, 9.17) is 0 Å². The summed E-state index contributed by atoms with van der Waals surface area (Å²) in [4.78, 5) is 36.5. The molecule has 2 atom stereocenters. The van der Waals surface area contributed by atoms with Crippen molar-refractivity contribution in [3.05, 3.63) is 71.8 Å². The van der Waals surface area contributed by atoms with Crippen LogP contribution in [0.25, 0.3) is 0 Å². The topological polar surface area (TPSA) is 98.3 Å². The van der Waals surface area contributed by atoms with Crippen LogP contribution in [-0.2, 0) is 9.59 Å². The Hall–Kier alpha value is -3.55. The number of hydrogen-bond acceptors (Lipinski definition) is 4. The Morgan fingerprint density at radius 2 is 1.59 bits per heavy atom. The second kappa shape index (κ2) is 8.64. The Balaban J connectivity index is 1.79. The monoisotopic (exact) mass is 399 g/mol. The zero-order valence-electron chi connectivity index (χ0n) is 15.2. The number of nitrogens with one attached hydrogen (secondary N) is 2. The lowest BCUT2D eigenvalue weighted by Crippen LogP contribution is -2.41. The van der Waals surface area contributed by atoms with Gasteiger partial charge in [-0.1, -0.05) is 24.3 Å². The second-order valence-corrected chi connectivity index (χ2v) is 6.59. The summed E-state index contributed by atoms with van der Waals surface area (Å²) in [6.07, 6.45) is 3.83. The first kappa shape index (κ1) is 20.2. The van der Waals surface area contributed by atoms with Gasteiger partial charge in [0.15, 0.2) is 0 Å². The van der Waals surface area contributed by atoms with Crippen LogP contribution in [0.3, 0.4) is 0 Å². The first-order chi connectivity index (χ1) is 13.9. The number of benzene rings is 2. The smallest absolute Gasteiger partial charge is 0.257 e. The molecule has 0 unspecified atom stereocenters. The maximum atomic E-state index is 13.8. The Kier molecular flexibility index (Phi) is 6.01. The number of para-hydroxylation sites is 1. The van der Waals surface area contributed by atoms with Gasteiger partial charge >= 0.3 is 0 Å². The van der Waals surface area contributed by atoms with Gasteiger partial charge in [0.05, 0.1) is 22.9 Å². The Bertz CT molecular complexity index is 990. The van der Waals surface area contributed by atoms with Gasteiger partial charge in [0, 0.05) is 18.0 Å². The number of amides is 2. The van der Waals surface area contributed by atoms with Gasteiger partial charge < -0.3 is 20.5 Å². The van der Waals surface area contributed by atoms with Gasteiger partial charge in [0.25, 0.3) is 5.91 Å². The van der Waals surface area contributed by atoms with Crippen LogP contribution >= 0.6 is 0 Å². The number of hydrogen-bond donors (Lipinski definition) is 2. The minimum absolute atomic E-state index is 0.0425. The maximum absolute atomic E-state index is 13.8. The van der Waals surface area contributed by atoms with E-state index in [0.29, 0.717) is 6.07 Å². The van der Waals surface area contributed by atoms with Crippen molar-refractivity contribution in [2.45, 2.75) is 12.8 Å². The Morgan fingerprint density at radius 1 is 0.897 bits per heavy atom. The third-order valence-electron chi connectivity index (χ3n) is 4.68. The lowest BCUT2D eigenvalue weighted by Gasteiger charge is -2.28. The first-order valence-corrected chi connectivity index (χ1v) is 8.89. The molecule has 0 heterocycles. The number of carboxylic acid groups (broad SMARTS) is 1. The molecule has 6 nitrogen and oxygen atoms in total. The van der Waals surface area contributed by atoms with Crippen molar-refractivity contribution in [1.82, 2.24) is 0 Å². The van der Waals surface area contributed by atoms with Crippen molar-refractivity contribution in [2.24, 2.45) is 11.8 Å². The molecule has 2 N–H and O–H groups in total. The van der Waals surface area contributed by atoms with Gasteiger partial charge in [-0.3, -0.25) is 9.59 Å². The summed E-state index contributed by atoms with van der Waals surface area (Å²) >= 11 is 0. The summed E-state index contributed by atoms with van der Waals surface area (Å²) in [5.41, 5.74) is -0.0305. The minimum atomic E-state index is -1.31. The molecule has 1 aliphatic carbocycles. The SMILES string of the molecule is O=C(Nc1ccc(F)cc1F)c1ccccc1NC(=O)[C@@H]1CC=CC[C@@H]1C(=O)[O-]. The third-order valence-corrected chi connectivity index (χ3v) is 4.68. The fourth-order valence-electron chi connectivity index (χ4n) is 3.16. The van der Waals surface area contributed by atoms with Crippen LogP contribution in [0.2, 0.25) is 0 Å². The van der Waals surface area contributed by atoms with Crippen LogP contribution in [0, 0.1) is 23.5 Å². The molecule has 0 saturated heterocycles. The number of carbonyl (C=O) groups is 3. The van der Waals surface area contributed by atoms with E-state index in [0.717, 1.165) is 12.1 Å². The van der Waals surface area contributed by atoms with Crippen LogP contribution in [0.1, 0.15) is 23.2 Å². The molecule has 0 aliphatic heterocycles. The van der Waals surface area contributed by atoms with Gasteiger partial charge in [-0.05, 0) is 37.1 Å². The maximum Gasteiger partial charge on any atom is 0.257 e. The predicted molar refractivity (Wildman–Crippen MR) is 99.7 cm³/mol. The number of aliphatic carboxylic acids is 1. The Morgan fingerprint density at radius 3 is 2.28 bits per heavy atom. The third kappa shape index (κ3) is 4.66. The van der Waals surface area contributed by atoms with Crippen molar-refractivity contribution in [3.8, 4) is 0 Å². The summed E-state index contributed by atoms with van der Waals surface area (Å²) in [6.45, 7) is 0. The highest BCUT2D eigenvalue weighted by atomic mass is 19.1. The van der Waals surface area contributed by atoms with E-state index >= 15 is 0 Å². The zero-order valence-corrected chi connectivity index (χ0v) is 15.2. The minimum Gasteiger partial charge on any atom is -0.550 e. The molecule has 0 saturated carbocycles. The summed E-state index contributed by atoms with van der Waals surface area (Å²) in [5.74, 6) is -6.11. The van der Waals surface area contributed by atoms with Crippen LogP contribution in [0.15, 0.2) is 54.6 Å². The van der Waals surface area contributed by atoms with E-state index in [1.807, 2.05) is 0 Å². The number of anilines is 2. The molecule has 0 aromatic heterocycles. The molecule has 0 radical (unpaired) electrons. The van der Waals surface area contributed by atoms with E-state index in [1.165, 1.54) is 12.1 Å². The van der Waals surface area contributed by atoms with Crippen molar-refractivity contribution < 1.29 is 28.3 Å². The molecular formula is C21H17F2N2O4-. The molecule has 8 heteroatoms. The average Bonchev–Trinajstić information content (AvgIpc) is 2.70. The molecule has 2 amide bonds. The van der Waals surface area contributed by atoms with Crippen LogP contribution in [-0.4, -0.2) is 17.8 Å². The zero-order chi connectivity index (χ0) is 21.0. The van der Waals surface area contributed by atoms with Gasteiger partial charge in [0.2, 0.25) is 5.91 Å². The molecule has 1 aliphatic rings. The highest BCUT2D eigenvalue weighted by molar-refractivity contribution is 6.10. The van der Waals surface area contributed by atoms with Crippen molar-refractivity contribution in [3.63, 3.8) is 0 Å². The molecule has 29 heavy (non-hydrogen) atoms. The predicted octanol–water partition coefficient (Wildman–Crippen LogP) is 2.49. The molecule has 2 aromatic rings. The fourth-order valence-corrected chi connectivity index (χ4v) is 3.16. The lowest BCUT2D eigenvalue weighted by atomic mass is 9.82. The largest absolute Gasteiger partial charge is 0.550 e. The number of carboxylic acids is 1. The molecule has 3 rings (SSSR count). The fraction of sp³-hybridized carbons (Fsp3) is 0.190. The standard InChI is InChI=1S/C21H18F2N2O4/c22-12-9-10-18(16(23)11-12)25-20(27)15-7-3-4-8-17(15)24-19(26)13-5-1-2-6-14(13)21(28)29/h1-4,7-11,13-14H,5-6H2,(H,24,26)(H,25,27)(H,28,29)/p-1/t13-,14+/m1/s1. The van der Waals surface area contributed by atoms with E-state index in [9.17, 15) is 28.3 Å². The van der Waals surface area contributed by atoms with E-state index in [1.54, 1.807) is 24.3 Å². The number of rotatable bonds is 5. The van der Waals surface area contributed by atoms with Crippen LogP contribution in [0.5, 0.6) is 0 Å². The van der Waals surface area contributed by atoms with Crippen molar-refractivity contribution in [1.29, 1.82) is 0 Å². The first-order valence-electron chi connectivity index (χ1n) is 8.89. The second-order valence-electron chi connectivity index (χ2n) is 6.59. The van der Waals surface area contributed by atoms with E-state index in [-0.39, 0.29) is 29.8 Å². The van der Waals surface area contributed by atoms with Gasteiger partial charge in [0.1, 0.15) is 11.6 Å². The highest BCUT2D eigenvalue weighted by Gasteiger charge is 2.30. The normalized spacial score (nSPS) is 18.1. The molecular weight excluding hydrogens is 382 g/mol. The van der Waals surface area contributed by atoms with Crippen molar-refractivity contribution in [2.75, 3.05) is 10.6 Å². The van der Waals surface area contributed by atoms with Crippen LogP contribution in [0.4, 0.5) is 20.2 Å². The quantitative estimate of drug-likeness (QED) is 0.755. The van der Waals surface area contributed by atoms with Crippen molar-refractivity contribution >= 4 is 29.2 Å². The molecule has 0 fully saturated rings. The van der Waals surface area contributed by atoms with E-state index < -0.39 is 41.3 Å². The van der Waals surface area contributed by atoms with Gasteiger partial charge in [-0.15, -0.1) is 0 Å². The van der Waals surface area contributed by atoms with Crippen LogP contribution < -0.4 is 15.7 Å². The number of halogens is 2. The summed E-state index contributed by atoms with van der Waals surface area (Å²) in [7, 11) is 0. The van der Waals surface area contributed by atoms with E-state index in [2.05, 4.69) is 10.6 Å².